The molecule has 24 heteroatoms. The molecule has 2 aromatic heterocycles. The van der Waals surface area contributed by atoms with Gasteiger partial charge in [-0.1, -0.05) is 112 Å². The van der Waals surface area contributed by atoms with Crippen LogP contribution in [0.4, 0.5) is 0 Å². The third-order valence-corrected chi connectivity index (χ3v) is 22.7. The molecule has 6 aromatic rings. The second-order valence-corrected chi connectivity index (χ2v) is 29.1. The summed E-state index contributed by atoms with van der Waals surface area (Å²) in [5.74, 6) is -14.1. The maximum atomic E-state index is 14.5. The highest BCUT2D eigenvalue weighted by atomic mass is 79.9. The normalized spacial score (nSPS) is 22.1. The molecule has 100 heavy (non-hydrogen) atoms. The van der Waals surface area contributed by atoms with Gasteiger partial charge in [0.2, 0.25) is 0 Å². The molecule has 0 fully saturated rings. The number of nitrogens with zero attached hydrogens (tertiary/aromatic N) is 2. The zero-order chi connectivity index (χ0) is 70.9. The molecular formula is C76H66Br4N4O16. The molecule has 13 rings (SSSR count). The largest absolute Gasteiger partial charge is 0.469 e. The summed E-state index contributed by atoms with van der Waals surface area (Å²) in [5, 5.41) is 0.923. The fourth-order valence-electron chi connectivity index (χ4n) is 15.8. The van der Waals surface area contributed by atoms with E-state index < -0.39 is 95.1 Å². The van der Waals surface area contributed by atoms with Crippen LogP contribution in [0, 0.1) is 47.3 Å². The number of aliphatic imine (C=N–C) groups is 2. The van der Waals surface area contributed by atoms with E-state index >= 15 is 0 Å². The van der Waals surface area contributed by atoms with E-state index in [0.29, 0.717) is 134 Å². The molecule has 7 aliphatic rings. The minimum atomic E-state index is -1.10. The van der Waals surface area contributed by atoms with Crippen molar-refractivity contribution in [2.45, 2.75) is 51.4 Å². The minimum Gasteiger partial charge on any atom is -0.469 e. The highest BCUT2D eigenvalue weighted by molar-refractivity contribution is 9.11. The minimum absolute atomic E-state index is 0.0853. The number of hydrogen-bond acceptors (Lipinski definition) is 18. The van der Waals surface area contributed by atoms with Gasteiger partial charge in [-0.15, -0.1) is 0 Å². The van der Waals surface area contributed by atoms with Crippen LogP contribution in [0.1, 0.15) is 81.6 Å². The number of methoxy groups -OCH3 is 8. The second-order valence-electron chi connectivity index (χ2n) is 25.4. The second kappa shape index (κ2) is 28.3. The highest BCUT2D eigenvalue weighted by Gasteiger charge is 2.51. The number of aromatic nitrogens is 2. The van der Waals surface area contributed by atoms with Gasteiger partial charge in [-0.3, -0.25) is 38.4 Å². The number of allylic oxidation sites excluding steroid dienone is 4. The lowest BCUT2D eigenvalue weighted by molar-refractivity contribution is -0.158. The predicted molar refractivity (Wildman–Crippen MR) is 381 cm³/mol. The molecule has 0 saturated carbocycles. The Morgan fingerprint density at radius 2 is 0.520 bits per heavy atom. The van der Waals surface area contributed by atoms with Crippen molar-refractivity contribution in [2.75, 3.05) is 56.9 Å². The third-order valence-electron chi connectivity index (χ3n) is 20.6. The first-order valence-electron chi connectivity index (χ1n) is 32.2. The molecule has 20 nitrogen and oxygen atoms in total. The summed E-state index contributed by atoms with van der Waals surface area (Å²) in [5.41, 5.74) is 11.5. The Morgan fingerprint density at radius 1 is 0.300 bits per heavy atom. The number of hydrogen-bond donors (Lipinski definition) is 2. The van der Waals surface area contributed by atoms with Crippen LogP contribution in [0.15, 0.2) is 159 Å². The van der Waals surface area contributed by atoms with Gasteiger partial charge in [-0.25, -0.2) is 9.98 Å². The highest BCUT2D eigenvalue weighted by Crippen LogP contribution is 2.54. The van der Waals surface area contributed by atoms with E-state index in [4.69, 9.17) is 47.9 Å². The Labute approximate surface area is 607 Å². The number of carbonyl (C=O) groups is 8. The smallest absolute Gasteiger partial charge is 0.309 e. The van der Waals surface area contributed by atoms with Gasteiger partial charge >= 0.3 is 47.8 Å². The van der Waals surface area contributed by atoms with E-state index in [1.165, 1.54) is 56.9 Å². The molecule has 4 aromatic carbocycles. The molecule has 0 saturated heterocycles. The lowest BCUT2D eigenvalue weighted by atomic mass is 9.71. The molecule has 0 amide bonds. The third kappa shape index (κ3) is 12.1. The number of H-pyrrole nitrogens is 2. The number of carbonyl (C=O) groups excluding carboxylic acids is 8. The van der Waals surface area contributed by atoms with E-state index in [0.717, 1.165) is 17.9 Å². The van der Waals surface area contributed by atoms with E-state index in [9.17, 15) is 38.4 Å². The maximum Gasteiger partial charge on any atom is 0.309 e. The lowest BCUT2D eigenvalue weighted by Gasteiger charge is -2.31. The number of nitrogens with one attached hydrogen (secondary N) is 2. The molecular weight excluding hydrogens is 1540 g/mol. The molecule has 0 radical (unpaired) electrons. The molecule has 5 aliphatic carbocycles. The average Bonchev–Trinajstić information content (AvgIpc) is 1.55. The summed E-state index contributed by atoms with van der Waals surface area (Å²) in [7, 11) is 10.2. The Morgan fingerprint density at radius 3 is 0.770 bits per heavy atom. The quantitative estimate of drug-likeness (QED) is 0.0852. The Hall–Kier alpha value is -8.84. The summed E-state index contributed by atoms with van der Waals surface area (Å²) in [4.78, 5) is 136. The monoisotopic (exact) mass is 1610 g/mol. The van der Waals surface area contributed by atoms with Crippen LogP contribution in [0.2, 0.25) is 0 Å². The Kier molecular flexibility index (Phi) is 19.7. The van der Waals surface area contributed by atoms with Crippen molar-refractivity contribution in [3.63, 3.8) is 0 Å². The zero-order valence-electron chi connectivity index (χ0n) is 55.5. The van der Waals surface area contributed by atoms with Crippen LogP contribution in [0.25, 0.3) is 22.3 Å². The van der Waals surface area contributed by atoms with Crippen LogP contribution in [0.3, 0.4) is 0 Å². The van der Waals surface area contributed by atoms with Crippen molar-refractivity contribution < 1.29 is 76.3 Å². The first-order valence-corrected chi connectivity index (χ1v) is 35.4. The summed E-state index contributed by atoms with van der Waals surface area (Å²) < 4.78 is 47.4. The van der Waals surface area contributed by atoms with Crippen molar-refractivity contribution in [2.24, 2.45) is 57.3 Å². The van der Waals surface area contributed by atoms with Gasteiger partial charge in [-0.2, -0.15) is 0 Å². The standard InChI is InChI=1S/C76H66Br4N4O16/c1-93-69(85)49-25-41-42(26-50(49)70(86)94-2)62-58(34-11-19-38(78)20-12-34)64-45-29-53(73(89)97-5)54(74(90)98-6)30-46(45)66(83-64)60(36-15-23-40(80)24-16-36)68-48-32-56(76(92)100-8)55(75(91)99-7)31-47(48)67(84-68)59(35-13-21-39(79)22-14-35)65-44-28-52(72(88)96-4)51(71(87)95-3)27-43(44)63(82-65)57(61(41)81-62)33-9-17-37(77)18-10-33/h9-24,49-56,81,84H,25-32H2,1-8H3. The van der Waals surface area contributed by atoms with E-state index in [1.54, 1.807) is 0 Å². The van der Waals surface area contributed by atoms with Crippen LogP contribution >= 0.6 is 63.7 Å². The molecule has 8 bridgehead atoms. The van der Waals surface area contributed by atoms with Crippen LogP contribution in [-0.4, -0.2) is 126 Å². The van der Waals surface area contributed by atoms with Gasteiger partial charge in [0.15, 0.2) is 0 Å². The molecule has 514 valence electrons. The van der Waals surface area contributed by atoms with Crippen LogP contribution < -0.4 is 10.7 Å². The predicted octanol–water partition coefficient (Wildman–Crippen LogP) is 10.6. The first-order chi connectivity index (χ1) is 48.2. The summed E-state index contributed by atoms with van der Waals surface area (Å²) in [6.45, 7) is 0. The van der Waals surface area contributed by atoms with Gasteiger partial charge in [-0.05, 0) is 167 Å². The number of benzene rings is 4. The number of rotatable bonds is 12. The molecule has 0 spiro atoms. The maximum absolute atomic E-state index is 14.5. The van der Waals surface area contributed by atoms with Gasteiger partial charge in [0.05, 0.1) is 149 Å². The van der Waals surface area contributed by atoms with E-state index in [1.807, 2.05) is 97.1 Å². The molecule has 2 N–H and O–H groups in total. The molecule has 2 aliphatic heterocycles. The van der Waals surface area contributed by atoms with Crippen LogP contribution in [0.5, 0.6) is 0 Å². The van der Waals surface area contributed by atoms with Crippen molar-refractivity contribution in [3.8, 4) is 0 Å². The van der Waals surface area contributed by atoms with Gasteiger partial charge in [0.1, 0.15) is 0 Å². The lowest BCUT2D eigenvalue weighted by Crippen LogP contribution is -2.40. The van der Waals surface area contributed by atoms with Crippen molar-refractivity contribution in [3.05, 3.63) is 215 Å². The first kappa shape index (κ1) is 69.6. The van der Waals surface area contributed by atoms with Gasteiger partial charge in [0, 0.05) is 40.2 Å². The summed E-state index contributed by atoms with van der Waals surface area (Å²) >= 11 is 14.8. The number of esters is 8. The van der Waals surface area contributed by atoms with Crippen LogP contribution in [-0.2, 0) is 102 Å². The van der Waals surface area contributed by atoms with Crippen molar-refractivity contribution in [1.82, 2.24) is 9.97 Å². The topological polar surface area (TPSA) is 267 Å². The Bertz CT molecular complexity index is 4540. The van der Waals surface area contributed by atoms with Gasteiger partial charge in [0.25, 0.3) is 0 Å². The van der Waals surface area contributed by atoms with E-state index in [-0.39, 0.29) is 51.4 Å². The average molecular weight is 1610 g/mol. The Balaban J connectivity index is 1.34. The summed E-state index contributed by atoms with van der Waals surface area (Å²) in [6, 6.07) is 30.4. The number of aromatic amines is 2. The zero-order valence-corrected chi connectivity index (χ0v) is 61.8. The van der Waals surface area contributed by atoms with E-state index in [2.05, 4.69) is 73.7 Å². The SMILES string of the molecule is COC(=O)C1CC2=C(CC1C(=O)OC)C1=C(c3ccc(Br)cc3)c3[nH]c(c4c3CC(C(=O)OC)C(C(=O)OC)C4)C(c3ccc(Br)cc3)=C3N=C(C4=C3CC(C(=O)OC)C(C(=O)OC)C4)C(c3ccc(Br)cc3)=c3[nH]c(c4c3CC(C(=O)OC)C(C(=O)OC)C4)=C(c3ccc(Br)cc3)C2=N1. The fourth-order valence-corrected chi connectivity index (χ4v) is 16.9. The molecule has 4 heterocycles. The van der Waals surface area contributed by atoms with Crippen molar-refractivity contribution >= 4 is 145 Å². The summed E-state index contributed by atoms with van der Waals surface area (Å²) in [6.07, 6.45) is -0.731. The van der Waals surface area contributed by atoms with Gasteiger partial charge < -0.3 is 47.9 Å². The van der Waals surface area contributed by atoms with Crippen molar-refractivity contribution in [1.29, 1.82) is 0 Å². The fraction of sp³-hybridized carbons (Fsp3) is 0.316. The number of ether oxygens (including phenoxy) is 8. The molecule has 8 unspecified atom stereocenters. The number of halogens is 4. The molecule has 8 atom stereocenters.